The summed E-state index contributed by atoms with van der Waals surface area (Å²) in [6.45, 7) is 3.03. The lowest BCUT2D eigenvalue weighted by Gasteiger charge is -2.21. The average molecular weight is 476 g/mol. The molecular formula is C27H29N3O3S. The fourth-order valence-corrected chi connectivity index (χ4v) is 4.85. The molecule has 1 saturated carbocycles. The van der Waals surface area contributed by atoms with E-state index in [2.05, 4.69) is 40.9 Å². The van der Waals surface area contributed by atoms with Crippen molar-refractivity contribution in [1.82, 2.24) is 14.6 Å². The fourth-order valence-electron chi connectivity index (χ4n) is 3.54. The summed E-state index contributed by atoms with van der Waals surface area (Å²) in [5.74, 6) is -0.129. The van der Waals surface area contributed by atoms with Gasteiger partial charge in [0.05, 0.1) is 4.90 Å². The first-order valence-corrected chi connectivity index (χ1v) is 13.0. The average Bonchev–Trinajstić information content (AvgIpc) is 3.67. The van der Waals surface area contributed by atoms with Gasteiger partial charge in [0.1, 0.15) is 0 Å². The van der Waals surface area contributed by atoms with Crippen LogP contribution >= 0.6 is 0 Å². The summed E-state index contributed by atoms with van der Waals surface area (Å²) in [5.41, 5.74) is 4.02. The molecule has 0 saturated heterocycles. The van der Waals surface area contributed by atoms with Crippen molar-refractivity contribution in [3.63, 3.8) is 0 Å². The van der Waals surface area contributed by atoms with Crippen molar-refractivity contribution < 1.29 is 13.2 Å². The zero-order valence-electron chi connectivity index (χ0n) is 19.2. The lowest BCUT2D eigenvalue weighted by atomic mass is 10.1. The number of rotatable bonds is 10. The molecule has 0 bridgehead atoms. The summed E-state index contributed by atoms with van der Waals surface area (Å²) in [6.07, 6.45) is 9.47. The summed E-state index contributed by atoms with van der Waals surface area (Å²) in [4.78, 5) is 19.3. The summed E-state index contributed by atoms with van der Waals surface area (Å²) in [6, 6.07) is 18.7. The van der Waals surface area contributed by atoms with E-state index in [1.165, 1.54) is 11.6 Å². The molecule has 7 heteroatoms. The molecule has 1 aromatic heterocycles. The van der Waals surface area contributed by atoms with E-state index < -0.39 is 10.0 Å². The first-order valence-electron chi connectivity index (χ1n) is 11.5. The van der Waals surface area contributed by atoms with Crippen LogP contribution in [0.1, 0.15) is 42.0 Å². The van der Waals surface area contributed by atoms with Gasteiger partial charge in [0.2, 0.25) is 15.9 Å². The molecule has 1 fully saturated rings. The van der Waals surface area contributed by atoms with Crippen LogP contribution in [0, 0.1) is 0 Å². The molecule has 0 spiro atoms. The lowest BCUT2D eigenvalue weighted by molar-refractivity contribution is -0.127. The Morgan fingerprint density at radius 2 is 1.68 bits per heavy atom. The van der Waals surface area contributed by atoms with Crippen LogP contribution in [-0.4, -0.2) is 30.3 Å². The van der Waals surface area contributed by atoms with Gasteiger partial charge in [-0.25, -0.2) is 13.1 Å². The van der Waals surface area contributed by atoms with Crippen molar-refractivity contribution in [3.8, 4) is 0 Å². The van der Waals surface area contributed by atoms with Gasteiger partial charge in [-0.1, -0.05) is 49.4 Å². The van der Waals surface area contributed by atoms with Gasteiger partial charge in [-0.15, -0.1) is 0 Å². The van der Waals surface area contributed by atoms with Crippen molar-refractivity contribution in [2.24, 2.45) is 0 Å². The minimum Gasteiger partial charge on any atom is -0.330 e. The Morgan fingerprint density at radius 1 is 1.00 bits per heavy atom. The van der Waals surface area contributed by atoms with Gasteiger partial charge in [-0.05, 0) is 65.8 Å². The molecule has 0 aliphatic heterocycles. The van der Waals surface area contributed by atoms with E-state index >= 15 is 0 Å². The van der Waals surface area contributed by atoms with Gasteiger partial charge in [-0.2, -0.15) is 0 Å². The first-order chi connectivity index (χ1) is 16.4. The van der Waals surface area contributed by atoms with Crippen molar-refractivity contribution in [3.05, 3.63) is 101 Å². The number of carbonyl (C=O) groups is 1. The van der Waals surface area contributed by atoms with Crippen LogP contribution in [0.4, 0.5) is 0 Å². The number of sulfonamides is 1. The topological polar surface area (TPSA) is 79.4 Å². The number of aryl methyl sites for hydroxylation is 1. The zero-order valence-corrected chi connectivity index (χ0v) is 20.0. The van der Waals surface area contributed by atoms with E-state index in [4.69, 9.17) is 0 Å². The maximum absolute atomic E-state index is 13.1. The summed E-state index contributed by atoms with van der Waals surface area (Å²) >= 11 is 0. The minimum absolute atomic E-state index is 0.0613. The summed E-state index contributed by atoms with van der Waals surface area (Å²) < 4.78 is 27.4. The molecule has 1 N–H and O–H groups in total. The molecule has 4 rings (SSSR count). The highest BCUT2D eigenvalue weighted by molar-refractivity contribution is 7.89. The smallest absolute Gasteiger partial charge is 0.247 e. The second-order valence-corrected chi connectivity index (χ2v) is 10.2. The number of carbonyl (C=O) groups excluding carboxylic acids is 1. The number of benzene rings is 2. The normalized spacial score (nSPS) is 13.8. The fraction of sp³-hybridized carbons (Fsp3) is 0.259. The molecule has 1 heterocycles. The number of pyridine rings is 1. The number of hydrogen-bond donors (Lipinski definition) is 1. The SMILES string of the molecule is CCc1ccc(CN(Cc2cccnc2)C(=O)/C=C/c2ccc(S(=O)(=O)NC3CC3)cc2)cc1. The lowest BCUT2D eigenvalue weighted by Crippen LogP contribution is -2.28. The molecule has 3 aromatic rings. The predicted molar refractivity (Wildman–Crippen MR) is 133 cm³/mol. The van der Waals surface area contributed by atoms with E-state index in [1.54, 1.807) is 47.6 Å². The van der Waals surface area contributed by atoms with Gasteiger partial charge in [0, 0.05) is 37.6 Å². The third kappa shape index (κ3) is 6.62. The van der Waals surface area contributed by atoms with Crippen LogP contribution in [0.15, 0.2) is 84.0 Å². The van der Waals surface area contributed by atoms with Crippen molar-refractivity contribution in [1.29, 1.82) is 0 Å². The Balaban J connectivity index is 1.47. The quantitative estimate of drug-likeness (QED) is 0.443. The van der Waals surface area contributed by atoms with Crippen LogP contribution in [0.2, 0.25) is 0 Å². The molecule has 1 aliphatic rings. The molecule has 0 atom stereocenters. The molecule has 2 aromatic carbocycles. The molecule has 1 amide bonds. The Kier molecular flexibility index (Phi) is 7.55. The van der Waals surface area contributed by atoms with E-state index in [9.17, 15) is 13.2 Å². The Labute approximate surface area is 201 Å². The van der Waals surface area contributed by atoms with E-state index in [1.807, 2.05) is 12.1 Å². The number of nitrogens with zero attached hydrogens (tertiary/aromatic N) is 2. The van der Waals surface area contributed by atoms with Gasteiger partial charge < -0.3 is 4.90 Å². The Bertz CT molecular complexity index is 1230. The van der Waals surface area contributed by atoms with E-state index in [0.717, 1.165) is 36.0 Å². The second kappa shape index (κ2) is 10.8. The van der Waals surface area contributed by atoms with Crippen molar-refractivity contribution in [2.45, 2.75) is 50.2 Å². The third-order valence-corrected chi connectivity index (χ3v) is 7.26. The predicted octanol–water partition coefficient (Wildman–Crippen LogP) is 4.33. The van der Waals surface area contributed by atoms with Crippen LogP contribution in [0.25, 0.3) is 6.08 Å². The molecule has 0 radical (unpaired) electrons. The van der Waals surface area contributed by atoms with Gasteiger partial charge in [0.25, 0.3) is 0 Å². The van der Waals surface area contributed by atoms with Crippen LogP contribution in [0.3, 0.4) is 0 Å². The second-order valence-electron chi connectivity index (χ2n) is 8.52. The maximum Gasteiger partial charge on any atom is 0.247 e. The van der Waals surface area contributed by atoms with E-state index in [-0.39, 0.29) is 16.8 Å². The monoisotopic (exact) mass is 475 g/mol. The molecule has 1 aliphatic carbocycles. The molecule has 34 heavy (non-hydrogen) atoms. The third-order valence-electron chi connectivity index (χ3n) is 5.72. The van der Waals surface area contributed by atoms with Crippen LogP contribution < -0.4 is 4.72 Å². The number of amides is 1. The number of aromatic nitrogens is 1. The molecule has 176 valence electrons. The minimum atomic E-state index is -3.49. The van der Waals surface area contributed by atoms with Gasteiger partial charge >= 0.3 is 0 Å². The molecule has 0 unspecified atom stereocenters. The summed E-state index contributed by atoms with van der Waals surface area (Å²) in [5, 5.41) is 0. The van der Waals surface area contributed by atoms with Crippen molar-refractivity contribution in [2.75, 3.05) is 0 Å². The van der Waals surface area contributed by atoms with Crippen LogP contribution in [0.5, 0.6) is 0 Å². The standard InChI is InChI=1S/C27H29N3O3S/c1-2-21-5-7-23(8-6-21)19-30(20-24-4-3-17-28-18-24)27(31)16-11-22-9-14-26(15-10-22)34(32,33)29-25-12-13-25/h3-11,14-18,25,29H,2,12-13,19-20H2,1H3/b16-11+. The highest BCUT2D eigenvalue weighted by Gasteiger charge is 2.27. The molecule has 6 nitrogen and oxygen atoms in total. The van der Waals surface area contributed by atoms with Gasteiger partial charge in [-0.3, -0.25) is 9.78 Å². The van der Waals surface area contributed by atoms with Gasteiger partial charge in [0.15, 0.2) is 0 Å². The maximum atomic E-state index is 13.1. The number of nitrogens with one attached hydrogen (secondary N) is 1. The van der Waals surface area contributed by atoms with E-state index in [0.29, 0.717) is 13.1 Å². The zero-order chi connectivity index (χ0) is 24.0. The Morgan fingerprint density at radius 3 is 2.29 bits per heavy atom. The molecular weight excluding hydrogens is 446 g/mol. The summed E-state index contributed by atoms with van der Waals surface area (Å²) in [7, 11) is -3.49. The highest BCUT2D eigenvalue weighted by Crippen LogP contribution is 2.22. The first kappa shape index (κ1) is 23.9. The Hall–Kier alpha value is -3.29. The largest absolute Gasteiger partial charge is 0.330 e. The highest BCUT2D eigenvalue weighted by atomic mass is 32.2. The van der Waals surface area contributed by atoms with Crippen LogP contribution in [-0.2, 0) is 34.3 Å². The number of hydrogen-bond acceptors (Lipinski definition) is 4. The van der Waals surface area contributed by atoms with Crippen molar-refractivity contribution >= 4 is 22.0 Å².